The van der Waals surface area contributed by atoms with Crippen molar-refractivity contribution in [3.63, 3.8) is 0 Å². The van der Waals surface area contributed by atoms with Gasteiger partial charge in [0.2, 0.25) is 5.91 Å². The Labute approximate surface area is 474 Å². The second-order valence-electron chi connectivity index (χ2n) is 23.1. The lowest BCUT2D eigenvalue weighted by Gasteiger charge is -2.20. The van der Waals surface area contributed by atoms with Crippen LogP contribution in [0, 0.1) is 0 Å². The summed E-state index contributed by atoms with van der Waals surface area (Å²) < 4.78 is 5.48. The van der Waals surface area contributed by atoms with Crippen molar-refractivity contribution >= 4 is 11.9 Å². The fourth-order valence-electron chi connectivity index (χ4n) is 10.4. The summed E-state index contributed by atoms with van der Waals surface area (Å²) >= 11 is 0. The molecule has 0 aliphatic carbocycles. The predicted molar refractivity (Wildman–Crippen MR) is 333 cm³/mol. The Morgan fingerprint density at radius 2 is 0.658 bits per heavy atom. The van der Waals surface area contributed by atoms with Crippen LogP contribution in [0.1, 0.15) is 361 Å². The van der Waals surface area contributed by atoms with Gasteiger partial charge in [-0.2, -0.15) is 0 Å². The van der Waals surface area contributed by atoms with E-state index in [1.165, 1.54) is 270 Å². The smallest absolute Gasteiger partial charge is 0.305 e. The molecule has 0 aromatic carbocycles. The number of nitrogens with one attached hydrogen (secondary N) is 1. The number of hydrogen-bond acceptors (Lipinski definition) is 5. The Morgan fingerprint density at radius 3 is 1.03 bits per heavy atom. The maximum atomic E-state index is 12.5. The summed E-state index contributed by atoms with van der Waals surface area (Å²) in [5, 5.41) is 23.2. The number of rotatable bonds is 63. The van der Waals surface area contributed by atoms with Gasteiger partial charge in [-0.3, -0.25) is 9.59 Å². The van der Waals surface area contributed by atoms with Crippen molar-refractivity contribution in [1.82, 2.24) is 5.32 Å². The van der Waals surface area contributed by atoms with E-state index < -0.39 is 12.1 Å². The van der Waals surface area contributed by atoms with Crippen molar-refractivity contribution in [2.75, 3.05) is 13.2 Å². The molecule has 0 bridgehead atoms. The van der Waals surface area contributed by atoms with E-state index in [0.717, 1.165) is 64.2 Å². The van der Waals surface area contributed by atoms with E-state index in [9.17, 15) is 19.8 Å². The first-order valence-corrected chi connectivity index (χ1v) is 33.9. The quantitative estimate of drug-likeness (QED) is 0.0320. The summed E-state index contributed by atoms with van der Waals surface area (Å²) in [5.74, 6) is -0.0871. The van der Waals surface area contributed by atoms with Crippen LogP contribution >= 0.6 is 0 Å². The molecule has 0 heterocycles. The van der Waals surface area contributed by atoms with Crippen molar-refractivity contribution in [2.45, 2.75) is 373 Å². The second kappa shape index (κ2) is 65.3. The van der Waals surface area contributed by atoms with Crippen LogP contribution in [-0.4, -0.2) is 47.4 Å². The highest BCUT2D eigenvalue weighted by atomic mass is 16.5. The molecule has 0 radical (unpaired) electrons. The number of hydrogen-bond donors (Lipinski definition) is 3. The number of aliphatic hydroxyl groups excluding tert-OH is 2. The van der Waals surface area contributed by atoms with Gasteiger partial charge in [0.15, 0.2) is 0 Å². The molecule has 446 valence electrons. The highest BCUT2D eigenvalue weighted by molar-refractivity contribution is 5.76. The van der Waals surface area contributed by atoms with Gasteiger partial charge < -0.3 is 20.3 Å². The first-order valence-electron chi connectivity index (χ1n) is 33.9. The number of aliphatic hydroxyl groups is 2. The minimum absolute atomic E-state index is 0.00972. The molecule has 0 saturated heterocycles. The van der Waals surface area contributed by atoms with Crippen molar-refractivity contribution in [3.8, 4) is 0 Å². The van der Waals surface area contributed by atoms with Crippen LogP contribution in [0.5, 0.6) is 0 Å². The van der Waals surface area contributed by atoms with E-state index in [2.05, 4.69) is 55.6 Å². The molecule has 0 aliphatic rings. The van der Waals surface area contributed by atoms with Gasteiger partial charge in [-0.05, 0) is 89.9 Å². The SMILES string of the molecule is CCCCCC/C=C\C/C=C\CCCCCCCCCC(=O)OCCCCCCCC/C=C\CCCCCCCCCC(=O)NC(CO)C(O)/C=C/CCCCCCCCCCCCCCCCCCCCCCCC. The fourth-order valence-corrected chi connectivity index (χ4v) is 10.4. The fraction of sp³-hybridized carbons (Fsp3) is 0.857. The molecule has 0 rings (SSSR count). The van der Waals surface area contributed by atoms with Crippen LogP contribution in [-0.2, 0) is 14.3 Å². The average Bonchev–Trinajstić information content (AvgIpc) is 3.42. The zero-order valence-electron chi connectivity index (χ0n) is 51.0. The lowest BCUT2D eigenvalue weighted by atomic mass is 10.0. The largest absolute Gasteiger partial charge is 0.466 e. The molecule has 0 saturated carbocycles. The molecule has 6 nitrogen and oxygen atoms in total. The summed E-state index contributed by atoms with van der Waals surface area (Å²) in [7, 11) is 0. The number of amides is 1. The molecule has 0 fully saturated rings. The zero-order chi connectivity index (χ0) is 55.0. The first kappa shape index (κ1) is 73.8. The third-order valence-electron chi connectivity index (χ3n) is 15.6. The molecular formula is C70H131NO5. The lowest BCUT2D eigenvalue weighted by Crippen LogP contribution is -2.45. The lowest BCUT2D eigenvalue weighted by molar-refractivity contribution is -0.143. The number of esters is 1. The molecule has 6 heteroatoms. The van der Waals surface area contributed by atoms with Gasteiger partial charge >= 0.3 is 5.97 Å². The van der Waals surface area contributed by atoms with Gasteiger partial charge in [0, 0.05) is 12.8 Å². The summed E-state index contributed by atoms with van der Waals surface area (Å²) in [6.07, 6.45) is 84.5. The molecule has 3 N–H and O–H groups in total. The van der Waals surface area contributed by atoms with E-state index in [1.807, 2.05) is 6.08 Å². The van der Waals surface area contributed by atoms with E-state index in [-0.39, 0.29) is 18.5 Å². The minimum atomic E-state index is -0.855. The number of carbonyl (C=O) groups is 2. The van der Waals surface area contributed by atoms with E-state index >= 15 is 0 Å². The van der Waals surface area contributed by atoms with Gasteiger partial charge in [-0.25, -0.2) is 0 Å². The number of carbonyl (C=O) groups excluding carboxylic acids is 2. The third-order valence-corrected chi connectivity index (χ3v) is 15.6. The average molecular weight is 1070 g/mol. The molecule has 0 aromatic rings. The Bertz CT molecular complexity index is 1270. The summed E-state index contributed by atoms with van der Waals surface area (Å²) in [6.45, 7) is 4.89. The predicted octanol–water partition coefficient (Wildman–Crippen LogP) is 21.7. The number of unbranched alkanes of at least 4 members (excludes halogenated alkanes) is 46. The van der Waals surface area contributed by atoms with E-state index in [4.69, 9.17) is 4.74 Å². The molecule has 1 amide bonds. The van der Waals surface area contributed by atoms with Gasteiger partial charge in [-0.1, -0.05) is 306 Å². The van der Waals surface area contributed by atoms with Crippen molar-refractivity contribution in [2.24, 2.45) is 0 Å². The molecule has 2 unspecified atom stereocenters. The number of ether oxygens (including phenoxy) is 1. The second-order valence-corrected chi connectivity index (χ2v) is 23.1. The van der Waals surface area contributed by atoms with Gasteiger partial charge in [0.25, 0.3) is 0 Å². The number of allylic oxidation sites excluding steroid dienone is 7. The molecule has 2 atom stereocenters. The topological polar surface area (TPSA) is 95.9 Å². The molecule has 76 heavy (non-hydrogen) atoms. The Balaban J connectivity index is 3.48. The maximum absolute atomic E-state index is 12.5. The van der Waals surface area contributed by atoms with Crippen molar-refractivity contribution < 1.29 is 24.5 Å². The molecule has 0 spiro atoms. The normalized spacial score (nSPS) is 12.8. The van der Waals surface area contributed by atoms with Crippen molar-refractivity contribution in [1.29, 1.82) is 0 Å². The molecular weight excluding hydrogens is 935 g/mol. The van der Waals surface area contributed by atoms with E-state index in [1.54, 1.807) is 6.08 Å². The van der Waals surface area contributed by atoms with Crippen LogP contribution < -0.4 is 5.32 Å². The van der Waals surface area contributed by atoms with Crippen LogP contribution in [0.2, 0.25) is 0 Å². The summed E-state index contributed by atoms with van der Waals surface area (Å²) in [4.78, 5) is 24.6. The standard InChI is InChI=1S/C70H131NO5/c1-3-5-7-9-11-13-15-17-19-21-23-24-25-26-27-28-30-34-38-42-46-50-54-58-62-68(73)67(66-72)71-69(74)63-59-55-51-47-43-39-35-31-29-33-37-41-45-49-53-57-61-65-76-70(75)64-60-56-52-48-44-40-36-32-22-20-18-16-14-12-10-8-6-4-2/h14,16,20,22,29,33,58,62,67-68,72-73H,3-13,15,17-19,21,23-28,30-32,34-57,59-61,63-66H2,1-2H3,(H,71,74)/b16-14-,22-20-,33-29-,62-58+. The first-order chi connectivity index (χ1) is 37.5. The van der Waals surface area contributed by atoms with Crippen molar-refractivity contribution in [3.05, 3.63) is 48.6 Å². The molecule has 0 aromatic heterocycles. The summed E-state index contributed by atoms with van der Waals surface area (Å²) in [6, 6.07) is -0.640. The van der Waals surface area contributed by atoms with Crippen LogP contribution in [0.25, 0.3) is 0 Å². The monoisotopic (exact) mass is 1070 g/mol. The highest BCUT2D eigenvalue weighted by Gasteiger charge is 2.18. The molecule has 0 aliphatic heterocycles. The Morgan fingerprint density at radius 1 is 0.368 bits per heavy atom. The third kappa shape index (κ3) is 61.0. The Hall–Kier alpha value is -2.18. The van der Waals surface area contributed by atoms with Gasteiger partial charge in [0.05, 0.1) is 25.4 Å². The summed E-state index contributed by atoms with van der Waals surface area (Å²) in [5.41, 5.74) is 0. The maximum Gasteiger partial charge on any atom is 0.305 e. The van der Waals surface area contributed by atoms with Gasteiger partial charge in [0.1, 0.15) is 0 Å². The minimum Gasteiger partial charge on any atom is -0.466 e. The Kier molecular flexibility index (Phi) is 63.5. The van der Waals surface area contributed by atoms with Crippen LogP contribution in [0.3, 0.4) is 0 Å². The van der Waals surface area contributed by atoms with E-state index in [0.29, 0.717) is 19.4 Å². The van der Waals surface area contributed by atoms with Gasteiger partial charge in [-0.15, -0.1) is 0 Å². The van der Waals surface area contributed by atoms with Crippen LogP contribution in [0.4, 0.5) is 0 Å². The highest BCUT2D eigenvalue weighted by Crippen LogP contribution is 2.18. The van der Waals surface area contributed by atoms with Crippen LogP contribution in [0.15, 0.2) is 48.6 Å². The zero-order valence-corrected chi connectivity index (χ0v) is 51.0.